The number of nitrogens with one attached hydrogen (secondary N) is 1. The van der Waals surface area contributed by atoms with Crippen LogP contribution in [0.5, 0.6) is 0 Å². The average Bonchev–Trinajstić information content (AvgIpc) is 2.94. The van der Waals surface area contributed by atoms with Gasteiger partial charge < -0.3 is 5.32 Å². The van der Waals surface area contributed by atoms with Crippen LogP contribution >= 0.6 is 0 Å². The zero-order valence-electron chi connectivity index (χ0n) is 10.6. The summed E-state index contributed by atoms with van der Waals surface area (Å²) in [7, 11) is 1.92. The van der Waals surface area contributed by atoms with E-state index in [-0.39, 0.29) is 0 Å². The summed E-state index contributed by atoms with van der Waals surface area (Å²) in [4.78, 5) is 9.23. The number of nitrogens with zero attached hydrogens (tertiary/aromatic N) is 2. The SMILES string of the molecule is CNc1cc(CC(C)C)nc(C2CC2C)n1. The van der Waals surface area contributed by atoms with Crippen molar-refractivity contribution in [2.45, 2.75) is 39.5 Å². The van der Waals surface area contributed by atoms with E-state index in [2.05, 4.69) is 42.1 Å². The first kappa shape index (κ1) is 11.4. The van der Waals surface area contributed by atoms with Gasteiger partial charge in [-0.25, -0.2) is 9.97 Å². The van der Waals surface area contributed by atoms with Gasteiger partial charge in [0.2, 0.25) is 0 Å². The standard InChI is InChI=1S/C13H21N3/c1-8(2)5-10-7-12(14-4)16-13(15-10)11-6-9(11)3/h7-9,11H,5-6H2,1-4H3,(H,14,15,16). The van der Waals surface area contributed by atoms with Gasteiger partial charge in [0.1, 0.15) is 11.6 Å². The summed E-state index contributed by atoms with van der Waals surface area (Å²) in [6, 6.07) is 2.07. The minimum Gasteiger partial charge on any atom is -0.373 e. The Morgan fingerprint density at radius 2 is 2.12 bits per heavy atom. The fourth-order valence-corrected chi connectivity index (χ4v) is 2.02. The zero-order chi connectivity index (χ0) is 11.7. The highest BCUT2D eigenvalue weighted by atomic mass is 15.0. The molecule has 0 radical (unpaired) electrons. The number of hydrogen-bond acceptors (Lipinski definition) is 3. The Morgan fingerprint density at radius 1 is 1.44 bits per heavy atom. The molecule has 16 heavy (non-hydrogen) atoms. The highest BCUT2D eigenvalue weighted by molar-refractivity contribution is 5.36. The first-order valence-corrected chi connectivity index (χ1v) is 6.15. The second kappa shape index (κ2) is 4.40. The van der Waals surface area contributed by atoms with Gasteiger partial charge in [0, 0.05) is 24.7 Å². The zero-order valence-corrected chi connectivity index (χ0v) is 10.6. The number of anilines is 1. The van der Waals surface area contributed by atoms with Gasteiger partial charge in [-0.3, -0.25) is 0 Å². The van der Waals surface area contributed by atoms with E-state index in [1.54, 1.807) is 0 Å². The van der Waals surface area contributed by atoms with Crippen LogP contribution in [0, 0.1) is 11.8 Å². The molecule has 0 saturated heterocycles. The van der Waals surface area contributed by atoms with Crippen molar-refractivity contribution in [1.82, 2.24) is 9.97 Å². The lowest BCUT2D eigenvalue weighted by Crippen LogP contribution is -2.05. The molecule has 1 heterocycles. The molecule has 2 atom stereocenters. The van der Waals surface area contributed by atoms with Gasteiger partial charge in [-0.15, -0.1) is 0 Å². The molecule has 3 nitrogen and oxygen atoms in total. The van der Waals surface area contributed by atoms with E-state index in [1.807, 2.05) is 7.05 Å². The maximum Gasteiger partial charge on any atom is 0.134 e. The molecule has 0 spiro atoms. The van der Waals surface area contributed by atoms with E-state index in [0.29, 0.717) is 11.8 Å². The van der Waals surface area contributed by atoms with E-state index < -0.39 is 0 Å². The van der Waals surface area contributed by atoms with Crippen LogP contribution in [0.15, 0.2) is 6.07 Å². The predicted molar refractivity (Wildman–Crippen MR) is 66.6 cm³/mol. The molecule has 1 aromatic rings. The Morgan fingerprint density at radius 3 is 2.62 bits per heavy atom. The van der Waals surface area contributed by atoms with Gasteiger partial charge in [0.05, 0.1) is 0 Å². The lowest BCUT2D eigenvalue weighted by atomic mass is 10.1. The van der Waals surface area contributed by atoms with Crippen LogP contribution in [-0.4, -0.2) is 17.0 Å². The van der Waals surface area contributed by atoms with Crippen LogP contribution in [-0.2, 0) is 6.42 Å². The van der Waals surface area contributed by atoms with Crippen LogP contribution in [0.2, 0.25) is 0 Å². The van der Waals surface area contributed by atoms with Gasteiger partial charge in [0.25, 0.3) is 0 Å². The molecule has 3 heteroatoms. The van der Waals surface area contributed by atoms with E-state index >= 15 is 0 Å². The molecule has 2 rings (SSSR count). The summed E-state index contributed by atoms with van der Waals surface area (Å²) in [6.07, 6.45) is 2.28. The summed E-state index contributed by atoms with van der Waals surface area (Å²) >= 11 is 0. The minimum absolute atomic E-state index is 0.596. The van der Waals surface area contributed by atoms with Crippen molar-refractivity contribution in [1.29, 1.82) is 0 Å². The Balaban J connectivity index is 2.24. The van der Waals surface area contributed by atoms with Gasteiger partial charge in [-0.2, -0.15) is 0 Å². The summed E-state index contributed by atoms with van der Waals surface area (Å²) in [5, 5.41) is 3.13. The van der Waals surface area contributed by atoms with Crippen LogP contribution in [0.3, 0.4) is 0 Å². The van der Waals surface area contributed by atoms with Gasteiger partial charge >= 0.3 is 0 Å². The smallest absolute Gasteiger partial charge is 0.134 e. The van der Waals surface area contributed by atoms with Crippen LogP contribution in [0.4, 0.5) is 5.82 Å². The molecule has 1 aliphatic carbocycles. The van der Waals surface area contributed by atoms with Crippen molar-refractivity contribution < 1.29 is 0 Å². The second-order valence-corrected chi connectivity index (χ2v) is 5.27. The molecular weight excluding hydrogens is 198 g/mol. The van der Waals surface area contributed by atoms with Crippen molar-refractivity contribution in [3.8, 4) is 0 Å². The largest absolute Gasteiger partial charge is 0.373 e. The monoisotopic (exact) mass is 219 g/mol. The van der Waals surface area contributed by atoms with Crippen molar-refractivity contribution in [2.75, 3.05) is 12.4 Å². The Kier molecular flexibility index (Phi) is 3.13. The van der Waals surface area contributed by atoms with Crippen LogP contribution < -0.4 is 5.32 Å². The lowest BCUT2D eigenvalue weighted by Gasteiger charge is -2.09. The highest BCUT2D eigenvalue weighted by Gasteiger charge is 2.36. The van der Waals surface area contributed by atoms with Crippen LogP contribution in [0.1, 0.15) is 44.6 Å². The third-order valence-corrected chi connectivity index (χ3v) is 3.11. The molecule has 0 aliphatic heterocycles. The van der Waals surface area contributed by atoms with E-state index in [0.717, 1.165) is 24.0 Å². The van der Waals surface area contributed by atoms with Crippen molar-refractivity contribution in [3.05, 3.63) is 17.6 Å². The molecule has 2 unspecified atom stereocenters. The average molecular weight is 219 g/mol. The fourth-order valence-electron chi connectivity index (χ4n) is 2.02. The molecule has 1 N–H and O–H groups in total. The lowest BCUT2D eigenvalue weighted by molar-refractivity contribution is 0.629. The first-order chi connectivity index (χ1) is 7.60. The molecule has 0 amide bonds. The Labute approximate surface area is 97.7 Å². The van der Waals surface area contributed by atoms with Crippen molar-refractivity contribution in [2.24, 2.45) is 11.8 Å². The third kappa shape index (κ3) is 2.52. The number of hydrogen-bond donors (Lipinski definition) is 1. The molecule has 1 aliphatic rings. The maximum atomic E-state index is 4.68. The molecule has 0 aromatic carbocycles. The summed E-state index contributed by atoms with van der Waals surface area (Å²) in [5.74, 6) is 4.00. The van der Waals surface area contributed by atoms with Crippen molar-refractivity contribution in [3.63, 3.8) is 0 Å². The van der Waals surface area contributed by atoms with Gasteiger partial charge in [0.15, 0.2) is 0 Å². The van der Waals surface area contributed by atoms with Gasteiger partial charge in [-0.1, -0.05) is 20.8 Å². The summed E-state index contributed by atoms with van der Waals surface area (Å²) < 4.78 is 0. The molecule has 1 fully saturated rings. The number of rotatable bonds is 4. The second-order valence-electron chi connectivity index (χ2n) is 5.27. The van der Waals surface area contributed by atoms with E-state index in [1.165, 1.54) is 12.1 Å². The molecule has 0 bridgehead atoms. The fraction of sp³-hybridized carbons (Fsp3) is 0.692. The first-order valence-electron chi connectivity index (χ1n) is 6.15. The van der Waals surface area contributed by atoms with E-state index in [9.17, 15) is 0 Å². The van der Waals surface area contributed by atoms with Crippen molar-refractivity contribution >= 4 is 5.82 Å². The van der Waals surface area contributed by atoms with E-state index in [4.69, 9.17) is 0 Å². The summed E-state index contributed by atoms with van der Waals surface area (Å²) in [5.41, 5.74) is 1.17. The minimum atomic E-state index is 0.596. The number of aromatic nitrogens is 2. The third-order valence-electron chi connectivity index (χ3n) is 3.11. The van der Waals surface area contributed by atoms with Gasteiger partial charge in [-0.05, 0) is 24.7 Å². The van der Waals surface area contributed by atoms with Crippen LogP contribution in [0.25, 0.3) is 0 Å². The molecular formula is C13H21N3. The molecule has 1 aromatic heterocycles. The topological polar surface area (TPSA) is 37.8 Å². The Hall–Kier alpha value is -1.12. The highest BCUT2D eigenvalue weighted by Crippen LogP contribution is 2.45. The maximum absolute atomic E-state index is 4.68. The Bertz CT molecular complexity index is 373. The molecule has 88 valence electrons. The normalized spacial score (nSPS) is 23.6. The summed E-state index contributed by atoms with van der Waals surface area (Å²) in [6.45, 7) is 6.71. The molecule has 1 saturated carbocycles. The predicted octanol–water partition coefficient (Wildman–Crippen LogP) is 2.84. The quantitative estimate of drug-likeness (QED) is 0.846.